The Morgan fingerprint density at radius 2 is 1.53 bits per heavy atom. The molecule has 0 aliphatic carbocycles. The fourth-order valence-corrected chi connectivity index (χ4v) is 2.63. The molecule has 0 saturated carbocycles. The van der Waals surface area contributed by atoms with E-state index in [9.17, 15) is 0 Å². The van der Waals surface area contributed by atoms with Crippen molar-refractivity contribution in [1.29, 1.82) is 0 Å². The first-order valence-electron chi connectivity index (χ1n) is 6.46. The molecule has 0 aromatic carbocycles. The number of nitrogens with zero attached hydrogens (tertiary/aromatic N) is 2. The monoisotopic (exact) mass is 210 g/mol. The van der Waals surface area contributed by atoms with Gasteiger partial charge in [-0.2, -0.15) is 0 Å². The second-order valence-corrected chi connectivity index (χ2v) is 6.45. The zero-order chi connectivity index (χ0) is 11.1. The molecule has 0 amide bonds. The minimum atomic E-state index is 0.375. The Bertz CT molecular complexity index is 205. The summed E-state index contributed by atoms with van der Waals surface area (Å²) in [5.74, 6) is 0.958. The van der Waals surface area contributed by atoms with Crippen LogP contribution in [0.5, 0.6) is 0 Å². The van der Waals surface area contributed by atoms with Crippen LogP contribution in [0.3, 0.4) is 0 Å². The van der Waals surface area contributed by atoms with Gasteiger partial charge in [-0.1, -0.05) is 6.92 Å². The van der Waals surface area contributed by atoms with Gasteiger partial charge in [0.15, 0.2) is 0 Å². The van der Waals surface area contributed by atoms with Gasteiger partial charge in [0.2, 0.25) is 0 Å². The first-order valence-corrected chi connectivity index (χ1v) is 6.46. The Morgan fingerprint density at radius 3 is 2.00 bits per heavy atom. The number of rotatable bonds is 1. The van der Waals surface area contributed by atoms with Crippen LogP contribution in [0.15, 0.2) is 0 Å². The van der Waals surface area contributed by atoms with Crippen LogP contribution >= 0.6 is 0 Å². The Balaban J connectivity index is 1.75. The topological polar surface area (TPSA) is 6.48 Å². The highest BCUT2D eigenvalue weighted by molar-refractivity contribution is 4.95. The highest BCUT2D eigenvalue weighted by Gasteiger charge is 2.38. The number of piperidine rings is 1. The van der Waals surface area contributed by atoms with Gasteiger partial charge in [0, 0.05) is 24.7 Å². The summed E-state index contributed by atoms with van der Waals surface area (Å²) in [5.41, 5.74) is 0.375. The molecule has 0 atom stereocenters. The quantitative estimate of drug-likeness (QED) is 0.654. The molecule has 2 heterocycles. The van der Waals surface area contributed by atoms with E-state index >= 15 is 0 Å². The highest BCUT2D eigenvalue weighted by atomic mass is 15.3. The minimum absolute atomic E-state index is 0.375. The molecular formula is C13H26N2. The molecule has 88 valence electrons. The first-order chi connectivity index (χ1) is 6.97. The Kier molecular flexibility index (Phi) is 3.09. The molecule has 2 nitrogen and oxygen atoms in total. The molecule has 15 heavy (non-hydrogen) atoms. The standard InChI is InChI=1S/C13H26N2/c1-11-5-7-14(8-6-11)12-9-15(10-12)13(2,3)4/h11-12H,5-10H2,1-4H3. The largest absolute Gasteiger partial charge is 0.298 e. The Morgan fingerprint density at radius 1 is 1.00 bits per heavy atom. The zero-order valence-electron chi connectivity index (χ0n) is 10.8. The maximum atomic E-state index is 2.71. The lowest BCUT2D eigenvalue weighted by atomic mass is 9.93. The molecule has 2 aliphatic rings. The lowest BCUT2D eigenvalue weighted by Crippen LogP contribution is -2.65. The van der Waals surface area contributed by atoms with Crippen molar-refractivity contribution in [3.05, 3.63) is 0 Å². The van der Waals surface area contributed by atoms with E-state index in [1.54, 1.807) is 0 Å². The molecule has 0 unspecified atom stereocenters. The van der Waals surface area contributed by atoms with E-state index in [-0.39, 0.29) is 0 Å². The maximum Gasteiger partial charge on any atom is 0.0350 e. The van der Waals surface area contributed by atoms with E-state index in [1.807, 2.05) is 0 Å². The van der Waals surface area contributed by atoms with Crippen LogP contribution in [-0.2, 0) is 0 Å². The van der Waals surface area contributed by atoms with Gasteiger partial charge in [0.25, 0.3) is 0 Å². The van der Waals surface area contributed by atoms with Gasteiger partial charge in [0.1, 0.15) is 0 Å². The molecule has 0 radical (unpaired) electrons. The molecule has 2 rings (SSSR count). The average molecular weight is 210 g/mol. The van der Waals surface area contributed by atoms with Crippen molar-refractivity contribution in [2.45, 2.75) is 52.1 Å². The summed E-state index contributed by atoms with van der Waals surface area (Å²) in [6.07, 6.45) is 2.82. The van der Waals surface area contributed by atoms with E-state index in [1.165, 1.54) is 39.0 Å². The van der Waals surface area contributed by atoms with Gasteiger partial charge in [0.05, 0.1) is 0 Å². The predicted molar refractivity (Wildman–Crippen MR) is 65.1 cm³/mol. The smallest absolute Gasteiger partial charge is 0.0350 e. The van der Waals surface area contributed by atoms with Crippen molar-refractivity contribution in [3.8, 4) is 0 Å². The molecule has 0 aromatic heterocycles. The van der Waals surface area contributed by atoms with E-state index in [0.29, 0.717) is 5.54 Å². The lowest BCUT2D eigenvalue weighted by molar-refractivity contribution is -0.0321. The van der Waals surface area contributed by atoms with Crippen molar-refractivity contribution < 1.29 is 0 Å². The number of hydrogen-bond donors (Lipinski definition) is 0. The SMILES string of the molecule is CC1CCN(C2CN(C(C)(C)C)C2)CC1. The Labute approximate surface area is 94.6 Å². The fourth-order valence-electron chi connectivity index (χ4n) is 2.63. The number of hydrogen-bond acceptors (Lipinski definition) is 2. The molecule has 0 spiro atoms. The molecule has 2 fully saturated rings. The van der Waals surface area contributed by atoms with Crippen LogP contribution in [0.4, 0.5) is 0 Å². The molecular weight excluding hydrogens is 184 g/mol. The molecule has 0 aromatic rings. The molecule has 0 N–H and O–H groups in total. The van der Waals surface area contributed by atoms with Crippen LogP contribution in [0, 0.1) is 5.92 Å². The van der Waals surface area contributed by atoms with Crippen molar-refractivity contribution >= 4 is 0 Å². The fraction of sp³-hybridized carbons (Fsp3) is 1.00. The van der Waals surface area contributed by atoms with Gasteiger partial charge in [-0.25, -0.2) is 0 Å². The van der Waals surface area contributed by atoms with Crippen LogP contribution < -0.4 is 0 Å². The van der Waals surface area contributed by atoms with Gasteiger partial charge < -0.3 is 0 Å². The van der Waals surface area contributed by atoms with E-state index in [4.69, 9.17) is 0 Å². The lowest BCUT2D eigenvalue weighted by Gasteiger charge is -2.52. The molecule has 2 saturated heterocycles. The van der Waals surface area contributed by atoms with Crippen LogP contribution in [-0.4, -0.2) is 47.6 Å². The summed E-state index contributed by atoms with van der Waals surface area (Å²) in [5, 5.41) is 0. The highest BCUT2D eigenvalue weighted by Crippen LogP contribution is 2.27. The molecule has 2 aliphatic heterocycles. The third-order valence-corrected chi connectivity index (χ3v) is 4.15. The van der Waals surface area contributed by atoms with Crippen LogP contribution in [0.2, 0.25) is 0 Å². The second kappa shape index (κ2) is 4.06. The maximum absolute atomic E-state index is 2.71. The zero-order valence-corrected chi connectivity index (χ0v) is 10.8. The third kappa shape index (κ3) is 2.54. The summed E-state index contributed by atoms with van der Waals surface area (Å²) in [6.45, 7) is 14.6. The van der Waals surface area contributed by atoms with E-state index in [2.05, 4.69) is 37.5 Å². The van der Waals surface area contributed by atoms with Gasteiger partial charge in [-0.15, -0.1) is 0 Å². The van der Waals surface area contributed by atoms with Gasteiger partial charge in [-0.05, 0) is 52.6 Å². The summed E-state index contributed by atoms with van der Waals surface area (Å²) in [6, 6.07) is 0.858. The average Bonchev–Trinajstić information content (AvgIpc) is 2.03. The van der Waals surface area contributed by atoms with Crippen molar-refractivity contribution in [3.63, 3.8) is 0 Å². The number of likely N-dealkylation sites (tertiary alicyclic amines) is 2. The molecule has 0 bridgehead atoms. The first kappa shape index (κ1) is 11.4. The molecule has 2 heteroatoms. The third-order valence-electron chi connectivity index (χ3n) is 4.15. The minimum Gasteiger partial charge on any atom is -0.298 e. The summed E-state index contributed by atoms with van der Waals surface area (Å²) >= 11 is 0. The summed E-state index contributed by atoms with van der Waals surface area (Å²) in [7, 11) is 0. The second-order valence-electron chi connectivity index (χ2n) is 6.45. The van der Waals surface area contributed by atoms with Crippen LogP contribution in [0.1, 0.15) is 40.5 Å². The van der Waals surface area contributed by atoms with Crippen molar-refractivity contribution in [1.82, 2.24) is 9.80 Å². The predicted octanol–water partition coefficient (Wildman–Crippen LogP) is 2.20. The van der Waals surface area contributed by atoms with Crippen molar-refractivity contribution in [2.24, 2.45) is 5.92 Å². The van der Waals surface area contributed by atoms with Crippen molar-refractivity contribution in [2.75, 3.05) is 26.2 Å². The van der Waals surface area contributed by atoms with E-state index < -0.39 is 0 Å². The van der Waals surface area contributed by atoms with Gasteiger partial charge >= 0.3 is 0 Å². The normalized spacial score (nSPS) is 28.0. The summed E-state index contributed by atoms with van der Waals surface area (Å²) < 4.78 is 0. The van der Waals surface area contributed by atoms with E-state index in [0.717, 1.165) is 12.0 Å². The summed E-state index contributed by atoms with van der Waals surface area (Å²) in [4.78, 5) is 5.30. The van der Waals surface area contributed by atoms with Gasteiger partial charge in [-0.3, -0.25) is 9.80 Å². The Hall–Kier alpha value is -0.0800. The van der Waals surface area contributed by atoms with Crippen LogP contribution in [0.25, 0.3) is 0 Å².